The number of ether oxygens (including phenoxy) is 1. The zero-order valence-corrected chi connectivity index (χ0v) is 16.2. The van der Waals surface area contributed by atoms with E-state index >= 15 is 0 Å². The van der Waals surface area contributed by atoms with Gasteiger partial charge in [-0.05, 0) is 24.3 Å². The molecule has 2 aliphatic rings. The Bertz CT molecular complexity index is 891. The van der Waals surface area contributed by atoms with Gasteiger partial charge in [-0.2, -0.15) is 13.2 Å². The summed E-state index contributed by atoms with van der Waals surface area (Å²) in [5.74, 6) is 0.121. The number of nitrogens with zero attached hydrogens (tertiary/aromatic N) is 3. The van der Waals surface area contributed by atoms with Gasteiger partial charge < -0.3 is 9.64 Å². The first-order chi connectivity index (χ1) is 13.8. The molecule has 0 saturated carbocycles. The number of benzene rings is 1. The highest BCUT2D eigenvalue weighted by Crippen LogP contribution is 2.30. The van der Waals surface area contributed by atoms with Crippen LogP contribution in [0.15, 0.2) is 42.6 Å². The van der Waals surface area contributed by atoms with Gasteiger partial charge in [0.1, 0.15) is 6.10 Å². The number of amides is 1. The summed E-state index contributed by atoms with van der Waals surface area (Å²) < 4.78 is 44.7. The van der Waals surface area contributed by atoms with Crippen molar-refractivity contribution in [3.05, 3.63) is 58.7 Å². The first-order valence-electron chi connectivity index (χ1n) is 9.28. The Morgan fingerprint density at radius 1 is 1.17 bits per heavy atom. The molecule has 2 aliphatic heterocycles. The highest BCUT2D eigenvalue weighted by molar-refractivity contribution is 6.30. The van der Waals surface area contributed by atoms with Crippen molar-refractivity contribution in [2.45, 2.75) is 24.7 Å². The number of alkyl halides is 3. The van der Waals surface area contributed by atoms with Crippen LogP contribution in [0.5, 0.6) is 5.88 Å². The Kier molecular flexibility index (Phi) is 5.40. The molecule has 0 spiro atoms. The van der Waals surface area contributed by atoms with Crippen LogP contribution in [-0.2, 0) is 6.18 Å². The van der Waals surface area contributed by atoms with E-state index in [0.29, 0.717) is 30.5 Å². The number of hydrogen-bond acceptors (Lipinski definition) is 4. The smallest absolute Gasteiger partial charge is 0.416 e. The molecule has 5 nitrogen and oxygen atoms in total. The van der Waals surface area contributed by atoms with Crippen molar-refractivity contribution >= 4 is 17.5 Å². The highest BCUT2D eigenvalue weighted by Gasteiger charge is 2.39. The second kappa shape index (κ2) is 7.84. The molecule has 0 N–H and O–H groups in total. The van der Waals surface area contributed by atoms with Crippen LogP contribution in [-0.4, -0.2) is 59.0 Å². The van der Waals surface area contributed by atoms with Gasteiger partial charge in [-0.15, -0.1) is 0 Å². The molecule has 0 aliphatic carbocycles. The van der Waals surface area contributed by atoms with Gasteiger partial charge in [0, 0.05) is 56.5 Å². The summed E-state index contributed by atoms with van der Waals surface area (Å²) in [5.41, 5.74) is -0.754. The van der Waals surface area contributed by atoms with E-state index in [2.05, 4.69) is 9.88 Å². The van der Waals surface area contributed by atoms with Gasteiger partial charge in [0.25, 0.3) is 5.91 Å². The van der Waals surface area contributed by atoms with E-state index in [1.165, 1.54) is 18.3 Å². The molecule has 0 unspecified atom stereocenters. The van der Waals surface area contributed by atoms with Crippen molar-refractivity contribution in [1.29, 1.82) is 0 Å². The Labute approximate surface area is 171 Å². The zero-order valence-electron chi connectivity index (χ0n) is 15.4. The van der Waals surface area contributed by atoms with Crippen LogP contribution in [0.1, 0.15) is 22.3 Å². The minimum absolute atomic E-state index is 0.0581. The average Bonchev–Trinajstić information content (AvgIpc) is 3.10. The molecule has 1 aromatic carbocycles. The third kappa shape index (κ3) is 4.48. The number of carbonyl (C=O) groups excluding carboxylic acids is 1. The Morgan fingerprint density at radius 2 is 2.00 bits per heavy atom. The lowest BCUT2D eigenvalue weighted by Gasteiger charge is -2.37. The quantitative estimate of drug-likeness (QED) is 0.751. The molecule has 0 radical (unpaired) electrons. The fourth-order valence-corrected chi connectivity index (χ4v) is 3.99. The topological polar surface area (TPSA) is 45.7 Å². The summed E-state index contributed by atoms with van der Waals surface area (Å²) in [5, 5.41) is 0.532. The monoisotopic (exact) mass is 425 g/mol. The molecular weight excluding hydrogens is 407 g/mol. The Balaban J connectivity index is 1.39. The normalized spacial score (nSPS) is 22.4. The highest BCUT2D eigenvalue weighted by atomic mass is 35.5. The number of hydrogen-bond donors (Lipinski definition) is 0. The Hall–Kier alpha value is -2.32. The first-order valence-corrected chi connectivity index (χ1v) is 9.66. The fourth-order valence-electron chi connectivity index (χ4n) is 3.88. The van der Waals surface area contributed by atoms with Crippen LogP contribution in [0.25, 0.3) is 0 Å². The molecule has 154 valence electrons. The van der Waals surface area contributed by atoms with Gasteiger partial charge in [-0.25, -0.2) is 4.98 Å². The standard InChI is InChI=1S/C20H19ClF3N3O2/c21-15-4-5-18(25-10-15)29-17-9-16-11-27(7-6-26(16)12-17)19(28)13-2-1-3-14(8-13)20(22,23)24/h1-5,8,10,16-17H,6-7,9,11-12H2/t16-,17-/m1/s1. The van der Waals surface area contributed by atoms with E-state index in [-0.39, 0.29) is 23.6 Å². The lowest BCUT2D eigenvalue weighted by atomic mass is 10.1. The predicted octanol–water partition coefficient (Wildman–Crippen LogP) is 3.73. The van der Waals surface area contributed by atoms with Crippen molar-refractivity contribution in [2.75, 3.05) is 26.2 Å². The van der Waals surface area contributed by atoms with Crippen LogP contribution >= 0.6 is 11.6 Å². The lowest BCUT2D eigenvalue weighted by Crippen LogP contribution is -2.52. The molecule has 2 atom stereocenters. The van der Waals surface area contributed by atoms with Crippen molar-refractivity contribution in [3.63, 3.8) is 0 Å². The van der Waals surface area contributed by atoms with E-state index in [1.54, 1.807) is 17.0 Å². The SMILES string of the molecule is O=C(c1cccc(C(F)(F)F)c1)N1CCN2C[C@H](Oc3ccc(Cl)cn3)C[C@@H]2C1. The van der Waals surface area contributed by atoms with E-state index in [4.69, 9.17) is 16.3 Å². The molecule has 9 heteroatoms. The third-order valence-electron chi connectivity index (χ3n) is 5.29. The summed E-state index contributed by atoms with van der Waals surface area (Å²) in [7, 11) is 0. The molecule has 2 fully saturated rings. The molecule has 3 heterocycles. The molecule has 2 saturated heterocycles. The van der Waals surface area contributed by atoms with Gasteiger partial charge in [0.05, 0.1) is 10.6 Å². The van der Waals surface area contributed by atoms with Gasteiger partial charge in [0.15, 0.2) is 0 Å². The number of pyridine rings is 1. The van der Waals surface area contributed by atoms with Crippen LogP contribution in [0.3, 0.4) is 0 Å². The first kappa shape index (κ1) is 20.0. The predicted molar refractivity (Wildman–Crippen MR) is 101 cm³/mol. The van der Waals surface area contributed by atoms with Crippen molar-refractivity contribution in [3.8, 4) is 5.88 Å². The summed E-state index contributed by atoms with van der Waals surface area (Å²) in [6.07, 6.45) is -2.29. The number of halogens is 4. The van der Waals surface area contributed by atoms with Crippen molar-refractivity contribution < 1.29 is 22.7 Å². The minimum Gasteiger partial charge on any atom is -0.473 e. The summed E-state index contributed by atoms with van der Waals surface area (Å²) in [6.45, 7) is 2.31. The van der Waals surface area contributed by atoms with E-state index in [1.807, 2.05) is 0 Å². The molecule has 0 bridgehead atoms. The molecular formula is C20H19ClF3N3O2. The molecule has 29 heavy (non-hydrogen) atoms. The lowest BCUT2D eigenvalue weighted by molar-refractivity contribution is -0.137. The van der Waals surface area contributed by atoms with Crippen LogP contribution in [0.4, 0.5) is 13.2 Å². The maximum Gasteiger partial charge on any atom is 0.416 e. The van der Waals surface area contributed by atoms with Crippen LogP contribution < -0.4 is 4.74 Å². The summed E-state index contributed by atoms with van der Waals surface area (Å²) in [6, 6.07) is 8.11. The average molecular weight is 426 g/mol. The third-order valence-corrected chi connectivity index (χ3v) is 5.51. The number of aromatic nitrogens is 1. The maximum atomic E-state index is 12.9. The summed E-state index contributed by atoms with van der Waals surface area (Å²) in [4.78, 5) is 20.8. The second-order valence-electron chi connectivity index (χ2n) is 7.27. The fraction of sp³-hybridized carbons (Fsp3) is 0.400. The van der Waals surface area contributed by atoms with Crippen molar-refractivity contribution in [1.82, 2.24) is 14.8 Å². The molecule has 4 rings (SSSR count). The van der Waals surface area contributed by atoms with Gasteiger partial charge in [-0.3, -0.25) is 9.69 Å². The van der Waals surface area contributed by atoms with E-state index in [0.717, 1.165) is 25.1 Å². The number of carbonyl (C=O) groups is 1. The van der Waals surface area contributed by atoms with Crippen LogP contribution in [0, 0.1) is 0 Å². The molecule has 1 aromatic heterocycles. The van der Waals surface area contributed by atoms with E-state index < -0.39 is 11.7 Å². The number of piperazine rings is 1. The number of fused-ring (bicyclic) bond motifs is 1. The molecule has 1 amide bonds. The largest absolute Gasteiger partial charge is 0.473 e. The van der Waals surface area contributed by atoms with E-state index in [9.17, 15) is 18.0 Å². The summed E-state index contributed by atoms with van der Waals surface area (Å²) >= 11 is 5.83. The van der Waals surface area contributed by atoms with Gasteiger partial charge >= 0.3 is 6.18 Å². The minimum atomic E-state index is -4.47. The Morgan fingerprint density at radius 3 is 2.72 bits per heavy atom. The van der Waals surface area contributed by atoms with Crippen molar-refractivity contribution in [2.24, 2.45) is 0 Å². The molecule has 2 aromatic rings. The second-order valence-corrected chi connectivity index (χ2v) is 7.71. The van der Waals surface area contributed by atoms with Crippen LogP contribution in [0.2, 0.25) is 5.02 Å². The maximum absolute atomic E-state index is 12.9. The number of rotatable bonds is 3. The van der Waals surface area contributed by atoms with Gasteiger partial charge in [0.2, 0.25) is 5.88 Å². The van der Waals surface area contributed by atoms with Gasteiger partial charge in [-0.1, -0.05) is 17.7 Å². The zero-order chi connectivity index (χ0) is 20.6.